The smallest absolute Gasteiger partial charge is 0.253 e. The quantitative estimate of drug-likeness (QED) is 0.382. The summed E-state index contributed by atoms with van der Waals surface area (Å²) in [7, 11) is 5.68. The summed E-state index contributed by atoms with van der Waals surface area (Å²) >= 11 is 0. The van der Waals surface area contributed by atoms with Crippen LogP contribution in [-0.4, -0.2) is 77.5 Å². The number of aromatic amines is 1. The molecule has 10 heteroatoms. The van der Waals surface area contributed by atoms with Crippen LogP contribution in [0.4, 0.5) is 0 Å². The van der Waals surface area contributed by atoms with E-state index in [1.165, 1.54) is 24.8 Å². The molecule has 6 rings (SSSR count). The maximum atomic E-state index is 12.6. The van der Waals surface area contributed by atoms with Gasteiger partial charge in [-0.3, -0.25) is 14.8 Å². The van der Waals surface area contributed by atoms with Gasteiger partial charge in [-0.25, -0.2) is 9.67 Å². The van der Waals surface area contributed by atoms with Crippen LogP contribution in [-0.2, 0) is 13.1 Å². The highest BCUT2D eigenvalue weighted by molar-refractivity contribution is 6.02. The van der Waals surface area contributed by atoms with Crippen LogP contribution in [0.15, 0.2) is 49.1 Å². The molecule has 0 radical (unpaired) electrons. The lowest BCUT2D eigenvalue weighted by Crippen LogP contribution is -2.36. The SMILES string of the molecule is CN(C)C(=O)c1cc(-c2cn(Cc3cn4cc(CN(C)C5CCC5)ccc4n3)nn2)c2cn[nH]c2c1. The van der Waals surface area contributed by atoms with E-state index < -0.39 is 0 Å². The molecule has 184 valence electrons. The second kappa shape index (κ2) is 8.87. The molecule has 1 aliphatic rings. The third kappa shape index (κ3) is 4.13. The van der Waals surface area contributed by atoms with Crippen molar-refractivity contribution in [2.45, 2.75) is 38.4 Å². The number of aromatic nitrogens is 7. The molecule has 4 heterocycles. The van der Waals surface area contributed by atoms with E-state index in [4.69, 9.17) is 4.98 Å². The van der Waals surface area contributed by atoms with Gasteiger partial charge in [0.05, 0.1) is 30.1 Å². The van der Waals surface area contributed by atoms with E-state index in [2.05, 4.69) is 55.2 Å². The van der Waals surface area contributed by atoms with E-state index >= 15 is 0 Å². The van der Waals surface area contributed by atoms with Crippen molar-refractivity contribution >= 4 is 22.5 Å². The number of imidazole rings is 1. The van der Waals surface area contributed by atoms with E-state index in [0.29, 0.717) is 23.8 Å². The summed E-state index contributed by atoms with van der Waals surface area (Å²) in [6, 6.07) is 8.61. The summed E-state index contributed by atoms with van der Waals surface area (Å²) in [5, 5.41) is 16.7. The van der Waals surface area contributed by atoms with Crippen molar-refractivity contribution in [2.75, 3.05) is 21.1 Å². The number of carbonyl (C=O) groups excluding carboxylic acids is 1. The highest BCUT2D eigenvalue weighted by Gasteiger charge is 2.22. The average molecular weight is 484 g/mol. The van der Waals surface area contributed by atoms with Gasteiger partial charge in [0, 0.05) is 55.6 Å². The molecule has 0 saturated heterocycles. The summed E-state index contributed by atoms with van der Waals surface area (Å²) in [4.78, 5) is 21.4. The first-order valence-corrected chi connectivity index (χ1v) is 12.2. The first kappa shape index (κ1) is 22.4. The maximum Gasteiger partial charge on any atom is 0.253 e. The van der Waals surface area contributed by atoms with E-state index in [1.54, 1.807) is 29.9 Å². The summed E-state index contributed by atoms with van der Waals surface area (Å²) in [6.07, 6.45) is 11.8. The molecular weight excluding hydrogens is 454 g/mol. The Kier molecular flexibility index (Phi) is 5.52. The minimum Gasteiger partial charge on any atom is -0.345 e. The van der Waals surface area contributed by atoms with Gasteiger partial charge in [0.15, 0.2) is 0 Å². The molecule has 0 spiro atoms. The highest BCUT2D eigenvalue weighted by atomic mass is 16.2. The van der Waals surface area contributed by atoms with Gasteiger partial charge in [0.25, 0.3) is 5.91 Å². The van der Waals surface area contributed by atoms with Crippen LogP contribution in [0.3, 0.4) is 0 Å². The predicted octanol–water partition coefficient (Wildman–Crippen LogP) is 3.20. The predicted molar refractivity (Wildman–Crippen MR) is 137 cm³/mol. The van der Waals surface area contributed by atoms with Crippen molar-refractivity contribution in [1.29, 1.82) is 0 Å². The topological polar surface area (TPSA) is 100 Å². The van der Waals surface area contributed by atoms with Crippen LogP contribution in [0.5, 0.6) is 0 Å². The van der Waals surface area contributed by atoms with E-state index in [-0.39, 0.29) is 5.91 Å². The number of nitrogens with zero attached hydrogens (tertiary/aromatic N) is 8. The molecule has 0 atom stereocenters. The van der Waals surface area contributed by atoms with E-state index in [1.807, 2.05) is 24.5 Å². The third-order valence-corrected chi connectivity index (χ3v) is 7.04. The number of H-pyrrole nitrogens is 1. The largest absolute Gasteiger partial charge is 0.345 e. The Morgan fingerprint density at radius 1 is 1.14 bits per heavy atom. The van der Waals surface area contributed by atoms with Crippen molar-refractivity contribution in [3.8, 4) is 11.3 Å². The maximum absolute atomic E-state index is 12.6. The molecular formula is C26H29N9O. The standard InChI is InChI=1S/C26H29N9O/c1-32(2)26(36)18-9-21(22-11-27-29-23(22)10-18)24-16-35(31-30-24)15-19-14-34-13-17(7-8-25(34)28-19)12-33(3)20-5-4-6-20/h7-11,13-14,16,20H,4-6,12,15H2,1-3H3,(H,27,29). The van der Waals surface area contributed by atoms with Gasteiger partial charge < -0.3 is 9.30 Å². The molecule has 1 saturated carbocycles. The number of rotatable bonds is 7. The normalized spacial score (nSPS) is 14.1. The lowest BCUT2D eigenvalue weighted by molar-refractivity contribution is 0.0828. The monoisotopic (exact) mass is 483 g/mol. The number of hydrogen-bond donors (Lipinski definition) is 1. The Hall–Kier alpha value is -4.05. The summed E-state index contributed by atoms with van der Waals surface area (Å²) in [5.74, 6) is -0.0805. The van der Waals surface area contributed by atoms with Gasteiger partial charge in [-0.2, -0.15) is 5.10 Å². The molecule has 10 nitrogen and oxygen atoms in total. The molecule has 1 aromatic carbocycles. The zero-order valence-corrected chi connectivity index (χ0v) is 20.7. The summed E-state index contributed by atoms with van der Waals surface area (Å²) in [6.45, 7) is 1.44. The molecule has 1 N–H and O–H groups in total. The van der Waals surface area contributed by atoms with Gasteiger partial charge in [-0.05, 0) is 43.7 Å². The fourth-order valence-electron chi connectivity index (χ4n) is 4.81. The van der Waals surface area contributed by atoms with Crippen molar-refractivity contribution in [3.63, 3.8) is 0 Å². The van der Waals surface area contributed by atoms with Crippen LogP contribution >= 0.6 is 0 Å². The molecule has 36 heavy (non-hydrogen) atoms. The van der Waals surface area contributed by atoms with E-state index in [0.717, 1.165) is 34.4 Å². The van der Waals surface area contributed by atoms with E-state index in [9.17, 15) is 4.79 Å². The van der Waals surface area contributed by atoms with Gasteiger partial charge in [0.2, 0.25) is 0 Å². The van der Waals surface area contributed by atoms with Crippen LogP contribution in [0, 0.1) is 0 Å². The van der Waals surface area contributed by atoms with Crippen molar-refractivity contribution in [1.82, 2.24) is 44.4 Å². The molecule has 0 bridgehead atoms. The lowest BCUT2D eigenvalue weighted by atomic mass is 9.92. The number of amides is 1. The van der Waals surface area contributed by atoms with Crippen LogP contribution in [0.25, 0.3) is 27.8 Å². The van der Waals surface area contributed by atoms with Gasteiger partial charge in [-0.15, -0.1) is 5.10 Å². The zero-order chi connectivity index (χ0) is 24.8. The Morgan fingerprint density at radius 2 is 2.00 bits per heavy atom. The second-order valence-electron chi connectivity index (χ2n) is 9.89. The lowest BCUT2D eigenvalue weighted by Gasteiger charge is -2.34. The van der Waals surface area contributed by atoms with Gasteiger partial charge in [-0.1, -0.05) is 17.7 Å². The van der Waals surface area contributed by atoms with Crippen molar-refractivity contribution in [3.05, 3.63) is 65.9 Å². The fourth-order valence-corrected chi connectivity index (χ4v) is 4.81. The number of hydrogen-bond acceptors (Lipinski definition) is 6. The average Bonchev–Trinajstić information content (AvgIpc) is 3.55. The summed E-state index contributed by atoms with van der Waals surface area (Å²) in [5.41, 5.74) is 5.94. The minimum atomic E-state index is -0.0805. The molecule has 1 fully saturated rings. The Balaban J connectivity index is 1.24. The fraction of sp³-hybridized carbons (Fsp3) is 0.346. The van der Waals surface area contributed by atoms with Crippen LogP contribution < -0.4 is 0 Å². The molecule has 1 aliphatic carbocycles. The number of fused-ring (bicyclic) bond motifs is 2. The Morgan fingerprint density at radius 3 is 2.78 bits per heavy atom. The highest BCUT2D eigenvalue weighted by Crippen LogP contribution is 2.28. The molecule has 1 amide bonds. The second-order valence-corrected chi connectivity index (χ2v) is 9.89. The number of nitrogens with one attached hydrogen (secondary N) is 1. The zero-order valence-electron chi connectivity index (χ0n) is 20.7. The van der Waals surface area contributed by atoms with Crippen LogP contribution in [0.1, 0.15) is 40.9 Å². The van der Waals surface area contributed by atoms with Gasteiger partial charge in [0.1, 0.15) is 11.3 Å². The van der Waals surface area contributed by atoms with Crippen LogP contribution in [0.2, 0.25) is 0 Å². The van der Waals surface area contributed by atoms with Crippen molar-refractivity contribution in [2.24, 2.45) is 0 Å². The first-order chi connectivity index (χ1) is 17.4. The Labute approximate surface area is 208 Å². The molecule has 5 aromatic rings. The number of pyridine rings is 1. The Bertz CT molecular complexity index is 1560. The molecule has 0 unspecified atom stereocenters. The minimum absolute atomic E-state index is 0.0805. The third-order valence-electron chi connectivity index (χ3n) is 7.04. The van der Waals surface area contributed by atoms with Crippen molar-refractivity contribution < 1.29 is 4.79 Å². The molecule has 0 aliphatic heterocycles. The first-order valence-electron chi connectivity index (χ1n) is 12.2. The van der Waals surface area contributed by atoms with Gasteiger partial charge >= 0.3 is 0 Å². The molecule has 4 aromatic heterocycles. The number of benzene rings is 1. The number of carbonyl (C=O) groups is 1. The summed E-state index contributed by atoms with van der Waals surface area (Å²) < 4.78 is 3.86.